The number of nitrogens with zero attached hydrogens (tertiary/aromatic N) is 2. The molecule has 2 aliphatic heterocycles. The minimum atomic E-state index is -3.27. The van der Waals surface area contributed by atoms with Crippen molar-refractivity contribution in [1.29, 1.82) is 0 Å². The molecule has 2 saturated heterocycles. The van der Waals surface area contributed by atoms with Gasteiger partial charge in [-0.2, -0.15) is 17.0 Å². The zero-order chi connectivity index (χ0) is 13.9. The molecule has 0 aromatic carbocycles. The maximum Gasteiger partial charge on any atom is 0.281 e. The van der Waals surface area contributed by atoms with Gasteiger partial charge in [0.25, 0.3) is 10.2 Å². The molecule has 2 aliphatic rings. The molecule has 7 heteroatoms. The number of piperidine rings is 1. The van der Waals surface area contributed by atoms with Gasteiger partial charge in [-0.3, -0.25) is 0 Å². The average molecular weight is 291 g/mol. The highest BCUT2D eigenvalue weighted by molar-refractivity contribution is 7.86. The van der Waals surface area contributed by atoms with E-state index in [0.29, 0.717) is 51.2 Å². The number of hydrogen-bond donors (Lipinski definition) is 1. The van der Waals surface area contributed by atoms with Crippen LogP contribution in [0.3, 0.4) is 0 Å². The number of nitrogens with two attached hydrogens (primary N) is 1. The lowest BCUT2D eigenvalue weighted by Crippen LogP contribution is -2.47. The maximum absolute atomic E-state index is 12.5. The minimum Gasteiger partial charge on any atom is -0.384 e. The van der Waals surface area contributed by atoms with E-state index in [2.05, 4.69) is 0 Å². The molecule has 1 unspecified atom stereocenters. The maximum atomic E-state index is 12.5. The van der Waals surface area contributed by atoms with Crippen LogP contribution in [-0.4, -0.2) is 63.5 Å². The smallest absolute Gasteiger partial charge is 0.281 e. The topological polar surface area (TPSA) is 75.9 Å². The summed E-state index contributed by atoms with van der Waals surface area (Å²) in [6.07, 6.45) is 2.66. The van der Waals surface area contributed by atoms with E-state index in [0.717, 1.165) is 19.3 Å². The predicted molar refractivity (Wildman–Crippen MR) is 73.8 cm³/mol. The molecule has 112 valence electrons. The van der Waals surface area contributed by atoms with Crippen LogP contribution in [0.5, 0.6) is 0 Å². The van der Waals surface area contributed by atoms with Crippen LogP contribution < -0.4 is 5.73 Å². The molecule has 0 aromatic heterocycles. The molecule has 1 atom stereocenters. The molecule has 0 spiro atoms. The van der Waals surface area contributed by atoms with Crippen molar-refractivity contribution in [2.45, 2.75) is 19.3 Å². The molecule has 0 amide bonds. The highest BCUT2D eigenvalue weighted by Crippen LogP contribution is 2.25. The summed E-state index contributed by atoms with van der Waals surface area (Å²) in [5, 5.41) is 0. The van der Waals surface area contributed by atoms with Crippen LogP contribution in [0.15, 0.2) is 0 Å². The second-order valence-electron chi connectivity index (χ2n) is 5.55. The molecular formula is C12H25N3O3S. The van der Waals surface area contributed by atoms with Crippen LogP contribution in [0.2, 0.25) is 0 Å². The van der Waals surface area contributed by atoms with Gasteiger partial charge in [0, 0.05) is 33.3 Å². The number of rotatable bonds is 5. The Hall–Kier alpha value is -0.210. The van der Waals surface area contributed by atoms with E-state index in [1.54, 1.807) is 15.7 Å². The highest BCUT2D eigenvalue weighted by Gasteiger charge is 2.36. The van der Waals surface area contributed by atoms with Gasteiger partial charge < -0.3 is 10.5 Å². The Morgan fingerprint density at radius 1 is 1.11 bits per heavy atom. The standard InChI is InChI=1S/C12H25N3O3S/c1-18-10-12-4-7-15(9-12)19(16,17)14-5-2-11(8-13)3-6-14/h11-12H,2-10,13H2,1H3. The summed E-state index contributed by atoms with van der Waals surface area (Å²) in [7, 11) is -1.61. The fraction of sp³-hybridized carbons (Fsp3) is 1.00. The molecule has 2 N–H and O–H groups in total. The van der Waals surface area contributed by atoms with Gasteiger partial charge in [-0.15, -0.1) is 0 Å². The van der Waals surface area contributed by atoms with Gasteiger partial charge in [0.1, 0.15) is 0 Å². The van der Waals surface area contributed by atoms with Gasteiger partial charge in [-0.1, -0.05) is 0 Å². The van der Waals surface area contributed by atoms with E-state index in [1.165, 1.54) is 0 Å². The molecule has 19 heavy (non-hydrogen) atoms. The molecule has 2 fully saturated rings. The van der Waals surface area contributed by atoms with E-state index in [4.69, 9.17) is 10.5 Å². The van der Waals surface area contributed by atoms with Crippen molar-refractivity contribution in [3.05, 3.63) is 0 Å². The van der Waals surface area contributed by atoms with Crippen LogP contribution in [0.1, 0.15) is 19.3 Å². The van der Waals surface area contributed by atoms with Gasteiger partial charge >= 0.3 is 0 Å². The third-order valence-corrected chi connectivity index (χ3v) is 6.21. The molecule has 6 nitrogen and oxygen atoms in total. The van der Waals surface area contributed by atoms with E-state index in [-0.39, 0.29) is 0 Å². The Morgan fingerprint density at radius 3 is 2.26 bits per heavy atom. The summed E-state index contributed by atoms with van der Waals surface area (Å²) in [4.78, 5) is 0. The molecule has 0 aliphatic carbocycles. The van der Waals surface area contributed by atoms with E-state index >= 15 is 0 Å². The number of methoxy groups -OCH3 is 1. The molecule has 0 saturated carbocycles. The molecule has 2 rings (SSSR count). The summed E-state index contributed by atoms with van der Waals surface area (Å²) in [5.74, 6) is 0.813. The zero-order valence-corrected chi connectivity index (χ0v) is 12.4. The average Bonchev–Trinajstić information content (AvgIpc) is 2.89. The Morgan fingerprint density at radius 2 is 1.68 bits per heavy atom. The van der Waals surface area contributed by atoms with Gasteiger partial charge in [-0.05, 0) is 37.6 Å². The van der Waals surface area contributed by atoms with Crippen LogP contribution in [0, 0.1) is 11.8 Å². The highest BCUT2D eigenvalue weighted by atomic mass is 32.2. The first-order valence-electron chi connectivity index (χ1n) is 7.02. The van der Waals surface area contributed by atoms with Crippen LogP contribution in [-0.2, 0) is 14.9 Å². The van der Waals surface area contributed by atoms with Crippen molar-refractivity contribution in [2.24, 2.45) is 17.6 Å². The lowest BCUT2D eigenvalue weighted by molar-refractivity contribution is 0.157. The predicted octanol–water partition coefficient (Wildman–Crippen LogP) is -0.130. The monoisotopic (exact) mass is 291 g/mol. The van der Waals surface area contributed by atoms with Gasteiger partial charge in [-0.25, -0.2) is 0 Å². The van der Waals surface area contributed by atoms with Crippen LogP contribution in [0.4, 0.5) is 0 Å². The van der Waals surface area contributed by atoms with Crippen molar-refractivity contribution in [2.75, 3.05) is 46.4 Å². The zero-order valence-electron chi connectivity index (χ0n) is 11.6. The first-order chi connectivity index (χ1) is 9.07. The number of ether oxygens (including phenoxy) is 1. The third-order valence-electron chi connectivity index (χ3n) is 4.21. The van der Waals surface area contributed by atoms with E-state index in [1.807, 2.05) is 0 Å². The first-order valence-corrected chi connectivity index (χ1v) is 8.42. The van der Waals surface area contributed by atoms with E-state index < -0.39 is 10.2 Å². The Bertz CT molecular complexity index is 372. The molecule has 0 aromatic rings. The summed E-state index contributed by atoms with van der Waals surface area (Å²) < 4.78 is 33.4. The van der Waals surface area contributed by atoms with Crippen molar-refractivity contribution in [3.8, 4) is 0 Å². The molecular weight excluding hydrogens is 266 g/mol. The summed E-state index contributed by atoms with van der Waals surface area (Å²) in [5.41, 5.74) is 5.64. The Balaban J connectivity index is 1.92. The van der Waals surface area contributed by atoms with Gasteiger partial charge in [0.05, 0.1) is 6.61 Å². The lowest BCUT2D eigenvalue weighted by Gasteiger charge is -2.33. The number of hydrogen-bond acceptors (Lipinski definition) is 4. The third kappa shape index (κ3) is 3.46. The second-order valence-corrected chi connectivity index (χ2v) is 7.48. The fourth-order valence-corrected chi connectivity index (χ4v) is 4.65. The Labute approximate surface area is 116 Å². The quantitative estimate of drug-likeness (QED) is 0.765. The molecule has 0 bridgehead atoms. The first kappa shape index (κ1) is 15.2. The van der Waals surface area contributed by atoms with Gasteiger partial charge in [0.15, 0.2) is 0 Å². The summed E-state index contributed by atoms with van der Waals surface area (Å²) in [6.45, 7) is 3.72. The lowest BCUT2D eigenvalue weighted by atomic mass is 9.99. The van der Waals surface area contributed by atoms with Crippen molar-refractivity contribution < 1.29 is 13.2 Å². The van der Waals surface area contributed by atoms with Crippen LogP contribution >= 0.6 is 0 Å². The van der Waals surface area contributed by atoms with E-state index in [9.17, 15) is 8.42 Å². The van der Waals surface area contributed by atoms with Crippen molar-refractivity contribution in [1.82, 2.24) is 8.61 Å². The fourth-order valence-electron chi connectivity index (χ4n) is 2.92. The van der Waals surface area contributed by atoms with Crippen molar-refractivity contribution in [3.63, 3.8) is 0 Å². The minimum absolute atomic E-state index is 0.335. The Kier molecular flexibility index (Phi) is 5.19. The summed E-state index contributed by atoms with van der Waals surface area (Å²) >= 11 is 0. The van der Waals surface area contributed by atoms with Crippen molar-refractivity contribution >= 4 is 10.2 Å². The van der Waals surface area contributed by atoms with Crippen LogP contribution in [0.25, 0.3) is 0 Å². The summed E-state index contributed by atoms with van der Waals surface area (Å²) in [6, 6.07) is 0. The van der Waals surface area contributed by atoms with Gasteiger partial charge in [0.2, 0.25) is 0 Å². The largest absolute Gasteiger partial charge is 0.384 e. The molecule has 0 radical (unpaired) electrons. The second kappa shape index (κ2) is 6.49. The normalized spacial score (nSPS) is 28.0. The molecule has 2 heterocycles. The SMILES string of the molecule is COCC1CCN(S(=O)(=O)N2CCC(CN)CC2)C1.